The number of aliphatic hydroxyl groups is 1. The fourth-order valence-corrected chi connectivity index (χ4v) is 4.27. The molecule has 1 N–H and O–H groups in total. The molecule has 1 saturated heterocycles. The van der Waals surface area contributed by atoms with E-state index in [4.69, 9.17) is 5.11 Å². The SMILES string of the molecule is CS(=O)(=O)N1CCCCC1C(=O)N(CCCO)C1CCC1. The molecule has 0 aromatic rings. The van der Waals surface area contributed by atoms with Gasteiger partial charge in [-0.1, -0.05) is 6.42 Å². The van der Waals surface area contributed by atoms with E-state index in [1.54, 1.807) is 0 Å². The van der Waals surface area contributed by atoms with Crippen LogP contribution in [0.25, 0.3) is 0 Å². The summed E-state index contributed by atoms with van der Waals surface area (Å²) in [5.74, 6) is -0.0710. The molecule has 7 heteroatoms. The molecule has 1 atom stereocenters. The van der Waals surface area contributed by atoms with Crippen LogP contribution < -0.4 is 0 Å². The Hall–Kier alpha value is -0.660. The maximum atomic E-state index is 12.8. The minimum atomic E-state index is -3.35. The third-order valence-electron chi connectivity index (χ3n) is 4.52. The van der Waals surface area contributed by atoms with E-state index in [1.165, 1.54) is 10.6 Å². The van der Waals surface area contributed by atoms with Crippen molar-refractivity contribution in [1.29, 1.82) is 0 Å². The zero-order valence-electron chi connectivity index (χ0n) is 12.7. The summed E-state index contributed by atoms with van der Waals surface area (Å²) in [5, 5.41) is 9.02. The van der Waals surface area contributed by atoms with Gasteiger partial charge < -0.3 is 10.0 Å². The average molecular weight is 318 g/mol. The minimum absolute atomic E-state index is 0.0525. The Labute approximate surface area is 127 Å². The molecule has 0 radical (unpaired) electrons. The second kappa shape index (κ2) is 7.07. The predicted octanol–water partition coefficient (Wildman–Crippen LogP) is 0.564. The standard InChI is InChI=1S/C14H26N2O4S/c1-21(19,20)16-10-3-2-8-13(16)14(18)15(9-5-11-17)12-6-4-7-12/h12-13,17H,2-11H2,1H3. The molecule has 0 bridgehead atoms. The number of amides is 1. The van der Waals surface area contributed by atoms with Crippen LogP contribution >= 0.6 is 0 Å². The van der Waals surface area contributed by atoms with Crippen LogP contribution in [0.2, 0.25) is 0 Å². The summed E-state index contributed by atoms with van der Waals surface area (Å²) in [5.41, 5.74) is 0. The van der Waals surface area contributed by atoms with E-state index in [0.717, 1.165) is 32.1 Å². The molecule has 2 rings (SSSR count). The third-order valence-corrected chi connectivity index (χ3v) is 5.81. The minimum Gasteiger partial charge on any atom is -0.396 e. The fraction of sp³-hybridized carbons (Fsp3) is 0.929. The number of piperidine rings is 1. The van der Waals surface area contributed by atoms with Gasteiger partial charge in [0, 0.05) is 25.7 Å². The highest BCUT2D eigenvalue weighted by atomic mass is 32.2. The number of aliphatic hydroxyl groups excluding tert-OH is 1. The van der Waals surface area contributed by atoms with Gasteiger partial charge in [-0.15, -0.1) is 0 Å². The van der Waals surface area contributed by atoms with Gasteiger partial charge in [-0.25, -0.2) is 8.42 Å². The summed E-state index contributed by atoms with van der Waals surface area (Å²) < 4.78 is 25.2. The average Bonchev–Trinajstić information content (AvgIpc) is 2.39. The van der Waals surface area contributed by atoms with Crippen LogP contribution in [0.3, 0.4) is 0 Å². The summed E-state index contributed by atoms with van der Waals surface area (Å²) in [6.07, 6.45) is 7.14. The van der Waals surface area contributed by atoms with Gasteiger partial charge in [-0.3, -0.25) is 4.79 Å². The second-order valence-electron chi connectivity index (χ2n) is 6.08. The first-order valence-corrected chi connectivity index (χ1v) is 9.68. The molecular weight excluding hydrogens is 292 g/mol. The van der Waals surface area contributed by atoms with Crippen LogP contribution in [0.15, 0.2) is 0 Å². The fourth-order valence-electron chi connectivity index (χ4n) is 3.15. The van der Waals surface area contributed by atoms with Crippen LogP contribution in [0, 0.1) is 0 Å². The molecule has 1 aliphatic carbocycles. The number of carbonyl (C=O) groups is 1. The monoisotopic (exact) mass is 318 g/mol. The Morgan fingerprint density at radius 2 is 1.95 bits per heavy atom. The Morgan fingerprint density at radius 3 is 2.48 bits per heavy atom. The lowest BCUT2D eigenvalue weighted by Crippen LogP contribution is -2.56. The summed E-state index contributed by atoms with van der Waals surface area (Å²) in [6, 6.07) is -0.319. The van der Waals surface area contributed by atoms with Crippen molar-refractivity contribution in [2.75, 3.05) is 26.0 Å². The zero-order chi connectivity index (χ0) is 15.5. The van der Waals surface area contributed by atoms with Crippen molar-refractivity contribution in [2.24, 2.45) is 0 Å². The molecule has 1 unspecified atom stereocenters. The van der Waals surface area contributed by atoms with Gasteiger partial charge in [0.2, 0.25) is 15.9 Å². The Kier molecular flexibility index (Phi) is 5.62. The molecule has 1 heterocycles. The molecule has 2 aliphatic rings. The largest absolute Gasteiger partial charge is 0.396 e. The van der Waals surface area contributed by atoms with Crippen LogP contribution in [0.4, 0.5) is 0 Å². The van der Waals surface area contributed by atoms with E-state index >= 15 is 0 Å². The van der Waals surface area contributed by atoms with E-state index in [1.807, 2.05) is 4.90 Å². The Morgan fingerprint density at radius 1 is 1.24 bits per heavy atom. The van der Waals surface area contributed by atoms with Gasteiger partial charge >= 0.3 is 0 Å². The quantitative estimate of drug-likeness (QED) is 0.776. The lowest BCUT2D eigenvalue weighted by atomic mass is 9.90. The molecule has 122 valence electrons. The maximum Gasteiger partial charge on any atom is 0.241 e. The first kappa shape index (κ1) is 16.7. The molecule has 0 aromatic heterocycles. The third kappa shape index (κ3) is 3.96. The Balaban J connectivity index is 2.13. The Bertz CT molecular complexity index is 462. The number of nitrogens with zero attached hydrogens (tertiary/aromatic N) is 2. The van der Waals surface area contributed by atoms with Gasteiger partial charge in [-0.05, 0) is 38.5 Å². The van der Waals surface area contributed by atoms with Crippen molar-refractivity contribution in [1.82, 2.24) is 9.21 Å². The van der Waals surface area contributed by atoms with Crippen molar-refractivity contribution in [3.63, 3.8) is 0 Å². The summed E-state index contributed by atoms with van der Waals surface area (Å²) in [4.78, 5) is 14.6. The van der Waals surface area contributed by atoms with Gasteiger partial charge in [0.15, 0.2) is 0 Å². The van der Waals surface area contributed by atoms with Crippen molar-refractivity contribution in [3.05, 3.63) is 0 Å². The van der Waals surface area contributed by atoms with E-state index in [9.17, 15) is 13.2 Å². The van der Waals surface area contributed by atoms with Crippen LogP contribution in [0.1, 0.15) is 44.9 Å². The molecule has 21 heavy (non-hydrogen) atoms. The van der Waals surface area contributed by atoms with Crippen molar-refractivity contribution >= 4 is 15.9 Å². The molecule has 2 fully saturated rings. The molecule has 0 spiro atoms. The van der Waals surface area contributed by atoms with Crippen LogP contribution in [0.5, 0.6) is 0 Å². The summed E-state index contributed by atoms with van der Waals surface area (Å²) in [6.45, 7) is 1.01. The zero-order valence-corrected chi connectivity index (χ0v) is 13.5. The first-order valence-electron chi connectivity index (χ1n) is 7.83. The van der Waals surface area contributed by atoms with Gasteiger partial charge in [0.1, 0.15) is 6.04 Å². The highest BCUT2D eigenvalue weighted by Crippen LogP contribution is 2.28. The normalized spacial score (nSPS) is 24.6. The van der Waals surface area contributed by atoms with Crippen molar-refractivity contribution < 1.29 is 18.3 Å². The first-order chi connectivity index (χ1) is 9.95. The highest BCUT2D eigenvalue weighted by molar-refractivity contribution is 7.88. The van der Waals surface area contributed by atoms with Crippen molar-refractivity contribution in [3.8, 4) is 0 Å². The maximum absolute atomic E-state index is 12.8. The summed E-state index contributed by atoms with van der Waals surface area (Å²) in [7, 11) is -3.35. The number of rotatable bonds is 6. The predicted molar refractivity (Wildman–Crippen MR) is 80.2 cm³/mol. The molecule has 0 aromatic carbocycles. The van der Waals surface area contributed by atoms with Gasteiger partial charge in [0.25, 0.3) is 0 Å². The van der Waals surface area contributed by atoms with Gasteiger partial charge in [0.05, 0.1) is 6.26 Å². The van der Waals surface area contributed by atoms with Crippen LogP contribution in [-0.4, -0.2) is 66.7 Å². The molecule has 6 nitrogen and oxygen atoms in total. The highest BCUT2D eigenvalue weighted by Gasteiger charge is 2.39. The van der Waals surface area contributed by atoms with E-state index in [-0.39, 0.29) is 18.6 Å². The topological polar surface area (TPSA) is 77.9 Å². The van der Waals surface area contributed by atoms with E-state index in [0.29, 0.717) is 25.9 Å². The summed E-state index contributed by atoms with van der Waals surface area (Å²) >= 11 is 0. The molecule has 1 aliphatic heterocycles. The van der Waals surface area contributed by atoms with Crippen molar-refractivity contribution in [2.45, 2.75) is 57.0 Å². The lowest BCUT2D eigenvalue weighted by Gasteiger charge is -2.42. The number of hydrogen-bond acceptors (Lipinski definition) is 4. The number of carbonyl (C=O) groups excluding carboxylic acids is 1. The van der Waals surface area contributed by atoms with E-state index in [2.05, 4.69) is 0 Å². The second-order valence-corrected chi connectivity index (χ2v) is 8.01. The molecule has 1 amide bonds. The van der Waals surface area contributed by atoms with Gasteiger partial charge in [-0.2, -0.15) is 4.31 Å². The number of sulfonamides is 1. The molecular formula is C14H26N2O4S. The smallest absolute Gasteiger partial charge is 0.241 e. The molecule has 1 saturated carbocycles. The van der Waals surface area contributed by atoms with Crippen LogP contribution in [-0.2, 0) is 14.8 Å². The number of hydrogen-bond donors (Lipinski definition) is 1. The lowest BCUT2D eigenvalue weighted by molar-refractivity contribution is -0.140. The van der Waals surface area contributed by atoms with E-state index < -0.39 is 16.1 Å².